The Morgan fingerprint density at radius 1 is 1.42 bits per heavy atom. The van der Waals surface area contributed by atoms with Crippen LogP contribution in [-0.4, -0.2) is 13.2 Å². The molecule has 0 saturated heterocycles. The van der Waals surface area contributed by atoms with Crippen LogP contribution in [0.25, 0.3) is 0 Å². The maximum absolute atomic E-state index is 6.21. The van der Waals surface area contributed by atoms with Gasteiger partial charge in [0, 0.05) is 18.5 Å². The number of benzene rings is 1. The Hall–Kier alpha value is -0.990. The van der Waals surface area contributed by atoms with Crippen LogP contribution in [0.15, 0.2) is 30.4 Å². The van der Waals surface area contributed by atoms with Crippen molar-refractivity contribution < 1.29 is 4.74 Å². The first-order valence-electron chi connectivity index (χ1n) is 6.76. The first-order chi connectivity index (χ1) is 9.00. The number of hydrogen-bond donors (Lipinski definition) is 1. The largest absolute Gasteiger partial charge is 0.491 e. The van der Waals surface area contributed by atoms with Crippen molar-refractivity contribution in [1.29, 1.82) is 0 Å². The van der Waals surface area contributed by atoms with Crippen molar-refractivity contribution in [1.82, 2.24) is 5.32 Å². The molecule has 1 rings (SSSR count). The Morgan fingerprint density at radius 2 is 2.16 bits per heavy atom. The van der Waals surface area contributed by atoms with Gasteiger partial charge in [-0.2, -0.15) is 0 Å². The monoisotopic (exact) mass is 281 g/mol. The second-order valence-electron chi connectivity index (χ2n) is 5.31. The molecule has 0 aliphatic rings. The SMILES string of the molecule is C=C(C)CCOc1c(Cl)cccc1CNCC(C)C. The molecule has 0 fully saturated rings. The third-order valence-electron chi connectivity index (χ3n) is 2.69. The van der Waals surface area contributed by atoms with Crippen LogP contribution < -0.4 is 10.1 Å². The molecular formula is C16H24ClNO. The van der Waals surface area contributed by atoms with Gasteiger partial charge < -0.3 is 10.1 Å². The molecular weight excluding hydrogens is 258 g/mol. The summed E-state index contributed by atoms with van der Waals surface area (Å²) in [6.07, 6.45) is 0.851. The van der Waals surface area contributed by atoms with E-state index in [2.05, 4.69) is 31.8 Å². The third-order valence-corrected chi connectivity index (χ3v) is 2.99. The summed E-state index contributed by atoms with van der Waals surface area (Å²) in [7, 11) is 0. The van der Waals surface area contributed by atoms with Crippen molar-refractivity contribution in [2.75, 3.05) is 13.2 Å². The van der Waals surface area contributed by atoms with Crippen LogP contribution in [0.5, 0.6) is 5.75 Å². The molecule has 0 aliphatic heterocycles. The second-order valence-corrected chi connectivity index (χ2v) is 5.72. The van der Waals surface area contributed by atoms with E-state index < -0.39 is 0 Å². The van der Waals surface area contributed by atoms with Gasteiger partial charge in [-0.3, -0.25) is 0 Å². The fraction of sp³-hybridized carbons (Fsp3) is 0.500. The molecule has 0 atom stereocenters. The highest BCUT2D eigenvalue weighted by Gasteiger charge is 2.08. The Balaban J connectivity index is 2.63. The average molecular weight is 282 g/mol. The van der Waals surface area contributed by atoms with E-state index in [0.29, 0.717) is 17.5 Å². The minimum atomic E-state index is 0.621. The minimum Gasteiger partial charge on any atom is -0.491 e. The quantitative estimate of drug-likeness (QED) is 0.712. The molecule has 3 heteroatoms. The number of rotatable bonds is 8. The maximum Gasteiger partial charge on any atom is 0.142 e. The molecule has 0 saturated carbocycles. The molecule has 0 amide bonds. The van der Waals surface area contributed by atoms with Gasteiger partial charge in [-0.1, -0.05) is 43.2 Å². The van der Waals surface area contributed by atoms with Crippen LogP contribution in [-0.2, 0) is 6.54 Å². The molecule has 1 aromatic rings. The highest BCUT2D eigenvalue weighted by molar-refractivity contribution is 6.32. The molecule has 2 nitrogen and oxygen atoms in total. The molecule has 0 aliphatic carbocycles. The van der Waals surface area contributed by atoms with Gasteiger partial charge in [0.1, 0.15) is 5.75 Å². The van der Waals surface area contributed by atoms with E-state index >= 15 is 0 Å². The van der Waals surface area contributed by atoms with Gasteiger partial charge >= 0.3 is 0 Å². The van der Waals surface area contributed by atoms with Gasteiger partial charge in [-0.05, 0) is 25.5 Å². The molecule has 1 aromatic carbocycles. The van der Waals surface area contributed by atoms with E-state index in [1.807, 2.05) is 19.1 Å². The predicted octanol–water partition coefficient (Wildman–Crippen LogP) is 4.43. The number of para-hydroxylation sites is 1. The minimum absolute atomic E-state index is 0.621. The lowest BCUT2D eigenvalue weighted by Gasteiger charge is -2.14. The summed E-state index contributed by atoms with van der Waals surface area (Å²) in [6.45, 7) is 12.6. The van der Waals surface area contributed by atoms with Crippen LogP contribution in [0.3, 0.4) is 0 Å². The molecule has 19 heavy (non-hydrogen) atoms. The molecule has 106 valence electrons. The summed E-state index contributed by atoms with van der Waals surface area (Å²) in [5, 5.41) is 4.08. The van der Waals surface area contributed by atoms with Crippen molar-refractivity contribution in [2.24, 2.45) is 5.92 Å². The number of hydrogen-bond acceptors (Lipinski definition) is 2. The lowest BCUT2D eigenvalue weighted by Crippen LogP contribution is -2.19. The zero-order valence-electron chi connectivity index (χ0n) is 12.1. The summed E-state index contributed by atoms with van der Waals surface area (Å²) in [5.41, 5.74) is 2.22. The molecule has 0 aromatic heterocycles. The van der Waals surface area contributed by atoms with Crippen LogP contribution >= 0.6 is 11.6 Å². The summed E-state index contributed by atoms with van der Waals surface area (Å²) >= 11 is 6.21. The van der Waals surface area contributed by atoms with Crippen molar-refractivity contribution in [3.8, 4) is 5.75 Å². The van der Waals surface area contributed by atoms with Gasteiger partial charge in [0.15, 0.2) is 0 Å². The highest BCUT2D eigenvalue weighted by atomic mass is 35.5. The second kappa shape index (κ2) is 8.23. The van der Waals surface area contributed by atoms with E-state index in [4.69, 9.17) is 16.3 Å². The van der Waals surface area contributed by atoms with E-state index in [0.717, 1.165) is 36.4 Å². The van der Waals surface area contributed by atoms with Gasteiger partial charge in [0.25, 0.3) is 0 Å². The summed E-state index contributed by atoms with van der Waals surface area (Å²) in [4.78, 5) is 0. The van der Waals surface area contributed by atoms with Crippen molar-refractivity contribution in [3.05, 3.63) is 40.9 Å². The van der Waals surface area contributed by atoms with Gasteiger partial charge in [-0.25, -0.2) is 0 Å². The topological polar surface area (TPSA) is 21.3 Å². The van der Waals surface area contributed by atoms with E-state index in [1.165, 1.54) is 0 Å². The van der Waals surface area contributed by atoms with Gasteiger partial charge in [0.2, 0.25) is 0 Å². The number of halogens is 1. The van der Waals surface area contributed by atoms with Crippen LogP contribution in [0, 0.1) is 5.92 Å². The van der Waals surface area contributed by atoms with Crippen LogP contribution in [0.2, 0.25) is 5.02 Å². The zero-order valence-corrected chi connectivity index (χ0v) is 12.9. The summed E-state index contributed by atoms with van der Waals surface area (Å²) < 4.78 is 5.80. The van der Waals surface area contributed by atoms with Gasteiger partial charge in [0.05, 0.1) is 11.6 Å². The van der Waals surface area contributed by atoms with Crippen molar-refractivity contribution in [3.63, 3.8) is 0 Å². The molecule has 0 radical (unpaired) electrons. The average Bonchev–Trinajstić information content (AvgIpc) is 2.31. The highest BCUT2D eigenvalue weighted by Crippen LogP contribution is 2.29. The van der Waals surface area contributed by atoms with Crippen LogP contribution in [0.4, 0.5) is 0 Å². The molecule has 0 bridgehead atoms. The first-order valence-corrected chi connectivity index (χ1v) is 7.13. The van der Waals surface area contributed by atoms with Gasteiger partial charge in [-0.15, -0.1) is 6.58 Å². The fourth-order valence-electron chi connectivity index (χ4n) is 1.68. The smallest absolute Gasteiger partial charge is 0.142 e. The zero-order chi connectivity index (χ0) is 14.3. The van der Waals surface area contributed by atoms with Crippen LogP contribution in [0.1, 0.15) is 32.8 Å². The number of ether oxygens (including phenoxy) is 1. The molecule has 0 spiro atoms. The Labute approximate surface area is 121 Å². The van der Waals surface area contributed by atoms with Crippen molar-refractivity contribution >= 4 is 11.6 Å². The first kappa shape index (κ1) is 16.1. The molecule has 1 N–H and O–H groups in total. The molecule has 0 heterocycles. The number of nitrogens with one attached hydrogen (secondary N) is 1. The molecule has 0 unspecified atom stereocenters. The lowest BCUT2D eigenvalue weighted by molar-refractivity contribution is 0.317. The Kier molecular flexibility index (Phi) is 6.96. The maximum atomic E-state index is 6.21. The summed E-state index contributed by atoms with van der Waals surface area (Å²) in [6, 6.07) is 5.87. The summed E-state index contributed by atoms with van der Waals surface area (Å²) in [5.74, 6) is 1.42. The Bertz CT molecular complexity index is 415. The Morgan fingerprint density at radius 3 is 2.79 bits per heavy atom. The van der Waals surface area contributed by atoms with E-state index in [-0.39, 0.29) is 0 Å². The normalized spacial score (nSPS) is 10.8. The lowest BCUT2D eigenvalue weighted by atomic mass is 10.1. The van der Waals surface area contributed by atoms with Crippen molar-refractivity contribution in [2.45, 2.75) is 33.7 Å². The predicted molar refractivity (Wildman–Crippen MR) is 82.9 cm³/mol. The van der Waals surface area contributed by atoms with E-state index in [9.17, 15) is 0 Å². The third kappa shape index (κ3) is 6.13. The van der Waals surface area contributed by atoms with E-state index in [1.54, 1.807) is 0 Å². The standard InChI is InChI=1S/C16H24ClNO/c1-12(2)8-9-19-16-14(6-5-7-15(16)17)11-18-10-13(3)4/h5-7,13,18H,1,8-11H2,2-4H3. The fourth-order valence-corrected chi connectivity index (χ4v) is 1.93.